The third kappa shape index (κ3) is 3.78. The number of nitrogens with zero attached hydrogens (tertiary/aromatic N) is 1. The number of hydrogen-bond donors (Lipinski definition) is 2. The van der Waals surface area contributed by atoms with E-state index in [9.17, 15) is 18.3 Å². The van der Waals surface area contributed by atoms with Gasteiger partial charge in [0.05, 0.1) is 17.5 Å². The molecule has 110 valence electrons. The van der Waals surface area contributed by atoms with E-state index in [0.717, 1.165) is 0 Å². The highest BCUT2D eigenvalue weighted by Gasteiger charge is 2.22. The Labute approximate surface area is 118 Å². The highest BCUT2D eigenvalue weighted by Crippen LogP contribution is 2.10. The fourth-order valence-electron chi connectivity index (χ4n) is 2.07. The van der Waals surface area contributed by atoms with Crippen LogP contribution >= 0.6 is 0 Å². The molecule has 6 nitrogen and oxygen atoms in total. The van der Waals surface area contributed by atoms with Crippen LogP contribution in [0, 0.1) is 0 Å². The minimum absolute atomic E-state index is 0.141. The average Bonchev–Trinajstić information content (AvgIpc) is 2.46. The fraction of sp³-hybridized carbons (Fsp3) is 0.462. The Morgan fingerprint density at radius 3 is 2.45 bits per heavy atom. The Morgan fingerprint density at radius 1 is 1.25 bits per heavy atom. The molecule has 0 spiro atoms. The van der Waals surface area contributed by atoms with Crippen molar-refractivity contribution in [2.75, 3.05) is 19.6 Å². The molecule has 1 aliphatic rings. The van der Waals surface area contributed by atoms with Crippen LogP contribution in [-0.4, -0.2) is 50.1 Å². The second kappa shape index (κ2) is 6.34. The number of piperidine rings is 1. The minimum Gasteiger partial charge on any atom is -0.393 e. The van der Waals surface area contributed by atoms with E-state index in [1.54, 1.807) is 23.1 Å². The molecule has 1 saturated heterocycles. The molecule has 2 N–H and O–H groups in total. The van der Waals surface area contributed by atoms with Gasteiger partial charge in [-0.05, 0) is 25.0 Å². The Morgan fingerprint density at radius 2 is 1.85 bits per heavy atom. The summed E-state index contributed by atoms with van der Waals surface area (Å²) in [6.45, 7) is 0.674. The third-order valence-corrected chi connectivity index (χ3v) is 4.70. The number of likely N-dealkylation sites (tertiary alicyclic amines) is 1. The highest BCUT2D eigenvalue weighted by atomic mass is 32.2. The number of sulfonamides is 1. The third-order valence-electron chi connectivity index (χ3n) is 3.28. The molecule has 0 saturated carbocycles. The van der Waals surface area contributed by atoms with Gasteiger partial charge in [0.25, 0.3) is 0 Å². The van der Waals surface area contributed by atoms with Crippen molar-refractivity contribution in [1.82, 2.24) is 9.62 Å². The molecule has 1 fully saturated rings. The molecule has 0 unspecified atom stereocenters. The number of amides is 1. The summed E-state index contributed by atoms with van der Waals surface area (Å²) in [6.07, 6.45) is 0.717. The number of carbonyl (C=O) groups is 1. The Bertz CT molecular complexity index is 551. The summed E-state index contributed by atoms with van der Waals surface area (Å²) < 4.78 is 26.2. The molecule has 20 heavy (non-hydrogen) atoms. The first kappa shape index (κ1) is 15.0. The van der Waals surface area contributed by atoms with Gasteiger partial charge in [0, 0.05) is 13.1 Å². The number of rotatable bonds is 4. The van der Waals surface area contributed by atoms with Gasteiger partial charge >= 0.3 is 0 Å². The SMILES string of the molecule is O=C(CNS(=O)(=O)c1ccccc1)N1CCC(O)CC1. The Kier molecular flexibility index (Phi) is 4.74. The summed E-state index contributed by atoms with van der Waals surface area (Å²) in [5.74, 6) is -0.267. The minimum atomic E-state index is -3.65. The molecule has 2 rings (SSSR count). The summed E-state index contributed by atoms with van der Waals surface area (Å²) in [5.41, 5.74) is 0. The smallest absolute Gasteiger partial charge is 0.241 e. The molecule has 0 aromatic heterocycles. The van der Waals surface area contributed by atoms with Crippen LogP contribution in [0.4, 0.5) is 0 Å². The quantitative estimate of drug-likeness (QED) is 0.816. The molecule has 0 aliphatic carbocycles. The van der Waals surface area contributed by atoms with Crippen LogP contribution in [0.2, 0.25) is 0 Å². The number of hydrogen-bond acceptors (Lipinski definition) is 4. The molecule has 1 aromatic carbocycles. The van der Waals surface area contributed by atoms with E-state index in [2.05, 4.69) is 4.72 Å². The first-order chi connectivity index (χ1) is 9.49. The summed E-state index contributed by atoms with van der Waals surface area (Å²) in [4.78, 5) is 13.6. The maximum absolute atomic E-state index is 11.9. The van der Waals surface area contributed by atoms with Crippen molar-refractivity contribution in [2.24, 2.45) is 0 Å². The van der Waals surface area contributed by atoms with Crippen molar-refractivity contribution in [3.63, 3.8) is 0 Å². The van der Waals surface area contributed by atoms with Crippen LogP contribution in [0.5, 0.6) is 0 Å². The van der Waals surface area contributed by atoms with E-state index in [1.165, 1.54) is 12.1 Å². The number of aliphatic hydroxyl groups excluding tert-OH is 1. The maximum Gasteiger partial charge on any atom is 0.241 e. The summed E-state index contributed by atoms with van der Waals surface area (Å²) >= 11 is 0. The molecule has 1 amide bonds. The van der Waals surface area contributed by atoms with E-state index >= 15 is 0 Å². The monoisotopic (exact) mass is 298 g/mol. The van der Waals surface area contributed by atoms with Crippen LogP contribution in [0.3, 0.4) is 0 Å². The number of benzene rings is 1. The van der Waals surface area contributed by atoms with Gasteiger partial charge in [0.15, 0.2) is 0 Å². The first-order valence-corrected chi connectivity index (χ1v) is 7.98. The number of nitrogens with one attached hydrogen (secondary N) is 1. The maximum atomic E-state index is 11.9. The predicted molar refractivity (Wildman–Crippen MR) is 73.5 cm³/mol. The zero-order valence-electron chi connectivity index (χ0n) is 11.0. The van der Waals surface area contributed by atoms with Gasteiger partial charge in [-0.15, -0.1) is 0 Å². The molecule has 1 aliphatic heterocycles. The Hall–Kier alpha value is -1.44. The van der Waals surface area contributed by atoms with Crippen LogP contribution in [0.15, 0.2) is 35.2 Å². The van der Waals surface area contributed by atoms with Gasteiger partial charge in [0.1, 0.15) is 0 Å². The Balaban J connectivity index is 1.90. The largest absolute Gasteiger partial charge is 0.393 e. The topological polar surface area (TPSA) is 86.7 Å². The van der Waals surface area contributed by atoms with E-state index < -0.39 is 10.0 Å². The second-order valence-electron chi connectivity index (χ2n) is 4.75. The molecule has 1 heterocycles. The van der Waals surface area contributed by atoms with Gasteiger partial charge < -0.3 is 10.0 Å². The van der Waals surface area contributed by atoms with Crippen LogP contribution in [-0.2, 0) is 14.8 Å². The lowest BCUT2D eigenvalue weighted by Gasteiger charge is -2.29. The normalized spacial score (nSPS) is 17.1. The summed E-state index contributed by atoms with van der Waals surface area (Å²) in [5, 5.41) is 9.37. The van der Waals surface area contributed by atoms with Crippen molar-refractivity contribution in [1.29, 1.82) is 0 Å². The lowest BCUT2D eigenvalue weighted by atomic mass is 10.1. The number of aliphatic hydroxyl groups is 1. The van der Waals surface area contributed by atoms with Crippen molar-refractivity contribution in [3.05, 3.63) is 30.3 Å². The van der Waals surface area contributed by atoms with Crippen molar-refractivity contribution >= 4 is 15.9 Å². The van der Waals surface area contributed by atoms with Crippen molar-refractivity contribution in [2.45, 2.75) is 23.8 Å². The van der Waals surface area contributed by atoms with Gasteiger partial charge in [-0.1, -0.05) is 18.2 Å². The molecule has 7 heteroatoms. The average molecular weight is 298 g/mol. The van der Waals surface area contributed by atoms with E-state index in [1.807, 2.05) is 0 Å². The van der Waals surface area contributed by atoms with Gasteiger partial charge in [-0.25, -0.2) is 13.1 Å². The molecule has 0 radical (unpaired) electrons. The van der Waals surface area contributed by atoms with E-state index in [4.69, 9.17) is 0 Å². The van der Waals surface area contributed by atoms with E-state index in [-0.39, 0.29) is 23.5 Å². The fourth-order valence-corrected chi connectivity index (χ4v) is 3.06. The highest BCUT2D eigenvalue weighted by molar-refractivity contribution is 7.89. The van der Waals surface area contributed by atoms with Gasteiger partial charge in [-0.2, -0.15) is 0 Å². The summed E-state index contributed by atoms with van der Waals surface area (Å²) in [6, 6.07) is 7.93. The predicted octanol–water partition coefficient (Wildman–Crippen LogP) is -0.0518. The van der Waals surface area contributed by atoms with Crippen molar-refractivity contribution < 1.29 is 18.3 Å². The summed E-state index contributed by atoms with van der Waals surface area (Å²) in [7, 11) is -3.65. The van der Waals surface area contributed by atoms with Gasteiger partial charge in [-0.3, -0.25) is 4.79 Å². The zero-order valence-corrected chi connectivity index (χ0v) is 11.8. The molecular formula is C13H18N2O4S. The van der Waals surface area contributed by atoms with Gasteiger partial charge in [0.2, 0.25) is 15.9 Å². The lowest BCUT2D eigenvalue weighted by molar-refractivity contribution is -0.131. The standard InChI is InChI=1S/C13H18N2O4S/c16-11-6-8-15(9-7-11)13(17)10-14-20(18,19)12-4-2-1-3-5-12/h1-5,11,14,16H,6-10H2. The van der Waals surface area contributed by atoms with E-state index in [0.29, 0.717) is 25.9 Å². The zero-order chi connectivity index (χ0) is 14.6. The second-order valence-corrected chi connectivity index (χ2v) is 6.52. The lowest BCUT2D eigenvalue weighted by Crippen LogP contribution is -2.45. The first-order valence-electron chi connectivity index (χ1n) is 6.49. The van der Waals surface area contributed by atoms with Crippen molar-refractivity contribution in [3.8, 4) is 0 Å². The molecule has 0 atom stereocenters. The van der Waals surface area contributed by atoms with Crippen LogP contribution in [0.1, 0.15) is 12.8 Å². The van der Waals surface area contributed by atoms with Crippen LogP contribution < -0.4 is 4.72 Å². The van der Waals surface area contributed by atoms with Crippen LogP contribution in [0.25, 0.3) is 0 Å². The molecule has 0 bridgehead atoms. The molecule has 1 aromatic rings. The number of carbonyl (C=O) groups excluding carboxylic acids is 1. The molecular weight excluding hydrogens is 280 g/mol.